The quantitative estimate of drug-likeness (QED) is 0.893. The summed E-state index contributed by atoms with van der Waals surface area (Å²) in [7, 11) is 0. The molecule has 2 aliphatic rings. The number of fused-ring (bicyclic) bond motifs is 1. The van der Waals surface area contributed by atoms with Gasteiger partial charge in [0.25, 0.3) is 5.91 Å². The maximum absolute atomic E-state index is 13.8. The lowest BCUT2D eigenvalue weighted by molar-refractivity contribution is 0.0939. The topological polar surface area (TPSA) is 60.0 Å². The molecule has 2 aromatic rings. The van der Waals surface area contributed by atoms with E-state index < -0.39 is 11.7 Å². The van der Waals surface area contributed by atoms with Gasteiger partial charge in [0.1, 0.15) is 19.0 Å². The van der Waals surface area contributed by atoms with Crippen molar-refractivity contribution in [3.05, 3.63) is 53.3 Å². The van der Waals surface area contributed by atoms with E-state index in [0.29, 0.717) is 25.5 Å². The number of nitrogens with zero attached hydrogens (tertiary/aromatic N) is 1. The van der Waals surface area contributed by atoms with E-state index in [4.69, 9.17) is 14.2 Å². The van der Waals surface area contributed by atoms with Crippen LogP contribution >= 0.6 is 0 Å². The second-order valence-corrected chi connectivity index (χ2v) is 6.43. The highest BCUT2D eigenvalue weighted by Gasteiger charge is 2.22. The van der Waals surface area contributed by atoms with E-state index in [1.165, 1.54) is 12.1 Å². The average Bonchev–Trinajstić information content (AvgIpc) is 2.72. The second kappa shape index (κ2) is 7.84. The third kappa shape index (κ3) is 3.98. The van der Waals surface area contributed by atoms with E-state index in [1.54, 1.807) is 0 Å². The lowest BCUT2D eigenvalue weighted by Gasteiger charge is -2.28. The van der Waals surface area contributed by atoms with Crippen LogP contribution in [0, 0.1) is 5.82 Å². The molecule has 0 aromatic heterocycles. The predicted molar refractivity (Wildman–Crippen MR) is 98.0 cm³/mol. The molecule has 0 radical (unpaired) electrons. The summed E-state index contributed by atoms with van der Waals surface area (Å²) in [5.74, 6) is -0.364. The Kier molecular flexibility index (Phi) is 5.11. The molecule has 0 spiro atoms. The van der Waals surface area contributed by atoms with Crippen LogP contribution in [0.4, 0.5) is 10.1 Å². The first kappa shape index (κ1) is 17.6. The van der Waals surface area contributed by atoms with Crippen molar-refractivity contribution in [2.45, 2.75) is 6.54 Å². The molecule has 1 N–H and O–H groups in total. The molecular formula is C20H21FN2O4. The van der Waals surface area contributed by atoms with Gasteiger partial charge in [0, 0.05) is 31.4 Å². The third-order valence-electron chi connectivity index (χ3n) is 4.62. The van der Waals surface area contributed by atoms with Gasteiger partial charge in [0.15, 0.2) is 11.5 Å². The first-order valence-corrected chi connectivity index (χ1v) is 9.00. The van der Waals surface area contributed by atoms with Crippen LogP contribution in [0.15, 0.2) is 36.4 Å². The summed E-state index contributed by atoms with van der Waals surface area (Å²) in [6, 6.07) is 10.4. The van der Waals surface area contributed by atoms with Crippen LogP contribution < -0.4 is 19.7 Å². The first-order valence-electron chi connectivity index (χ1n) is 9.00. The van der Waals surface area contributed by atoms with Gasteiger partial charge in [-0.25, -0.2) is 4.39 Å². The maximum Gasteiger partial charge on any atom is 0.255 e. The third-order valence-corrected chi connectivity index (χ3v) is 4.62. The number of anilines is 1. The minimum atomic E-state index is -0.528. The lowest BCUT2D eigenvalue weighted by atomic mass is 10.1. The zero-order valence-electron chi connectivity index (χ0n) is 14.9. The van der Waals surface area contributed by atoms with Crippen molar-refractivity contribution in [3.63, 3.8) is 0 Å². The van der Waals surface area contributed by atoms with E-state index in [2.05, 4.69) is 10.2 Å². The Balaban J connectivity index is 1.41. The summed E-state index contributed by atoms with van der Waals surface area (Å²) >= 11 is 0. The van der Waals surface area contributed by atoms with Crippen LogP contribution in [0.3, 0.4) is 0 Å². The van der Waals surface area contributed by atoms with Gasteiger partial charge >= 0.3 is 0 Å². The van der Waals surface area contributed by atoms with E-state index >= 15 is 0 Å². The highest BCUT2D eigenvalue weighted by Crippen LogP contribution is 2.34. The molecule has 2 heterocycles. The van der Waals surface area contributed by atoms with Gasteiger partial charge < -0.3 is 24.4 Å². The molecule has 27 heavy (non-hydrogen) atoms. The fourth-order valence-corrected chi connectivity index (χ4v) is 3.21. The van der Waals surface area contributed by atoms with E-state index in [1.807, 2.05) is 24.3 Å². The van der Waals surface area contributed by atoms with Gasteiger partial charge in [-0.1, -0.05) is 12.1 Å². The first-order chi connectivity index (χ1) is 13.2. The number of benzene rings is 2. The standard InChI is InChI=1S/C20H21FN2O4/c21-15-11-17(19-18(12-15)26-9-10-27-19)20(24)22-13-14-1-3-16(4-2-14)23-5-7-25-8-6-23/h1-4,11-12H,5-10,13H2,(H,22,24). The van der Waals surface area contributed by atoms with Crippen LogP contribution in [-0.4, -0.2) is 45.4 Å². The number of rotatable bonds is 4. The Morgan fingerprint density at radius 3 is 2.56 bits per heavy atom. The van der Waals surface area contributed by atoms with Gasteiger partial charge in [-0.15, -0.1) is 0 Å². The van der Waals surface area contributed by atoms with Gasteiger partial charge in [-0.3, -0.25) is 4.79 Å². The SMILES string of the molecule is O=C(NCc1ccc(N2CCOCC2)cc1)c1cc(F)cc2c1OCCO2. The van der Waals surface area contributed by atoms with E-state index in [-0.39, 0.29) is 11.3 Å². The summed E-state index contributed by atoms with van der Waals surface area (Å²) in [5, 5.41) is 2.82. The van der Waals surface area contributed by atoms with Crippen molar-refractivity contribution in [1.82, 2.24) is 5.32 Å². The molecule has 0 unspecified atom stereocenters. The van der Waals surface area contributed by atoms with Gasteiger partial charge in [0.2, 0.25) is 0 Å². The molecule has 1 fully saturated rings. The van der Waals surface area contributed by atoms with Gasteiger partial charge in [-0.2, -0.15) is 0 Å². The highest BCUT2D eigenvalue weighted by molar-refractivity contribution is 5.97. The number of nitrogens with one attached hydrogen (secondary N) is 1. The number of carbonyl (C=O) groups is 1. The molecule has 6 nitrogen and oxygen atoms in total. The molecule has 1 saturated heterocycles. The van der Waals surface area contributed by atoms with Crippen molar-refractivity contribution in [2.24, 2.45) is 0 Å². The minimum absolute atomic E-state index is 0.148. The molecule has 142 valence electrons. The van der Waals surface area contributed by atoms with Crippen LogP contribution in [-0.2, 0) is 11.3 Å². The zero-order valence-corrected chi connectivity index (χ0v) is 14.9. The van der Waals surface area contributed by atoms with Gasteiger partial charge in [0.05, 0.1) is 18.8 Å². The maximum atomic E-state index is 13.8. The zero-order chi connectivity index (χ0) is 18.6. The van der Waals surface area contributed by atoms with Crippen molar-refractivity contribution in [3.8, 4) is 11.5 Å². The number of amides is 1. The lowest BCUT2D eigenvalue weighted by Crippen LogP contribution is -2.36. The Labute approximate surface area is 156 Å². The number of hydrogen-bond acceptors (Lipinski definition) is 5. The summed E-state index contributed by atoms with van der Waals surface area (Å²) in [4.78, 5) is 14.8. The molecule has 0 atom stereocenters. The number of morpholine rings is 1. The number of hydrogen-bond donors (Lipinski definition) is 1. The largest absolute Gasteiger partial charge is 0.486 e. The van der Waals surface area contributed by atoms with Crippen molar-refractivity contribution < 1.29 is 23.4 Å². The monoisotopic (exact) mass is 372 g/mol. The molecule has 2 aromatic carbocycles. The second-order valence-electron chi connectivity index (χ2n) is 6.43. The number of halogens is 1. The van der Waals surface area contributed by atoms with Crippen LogP contribution in [0.25, 0.3) is 0 Å². The Bertz CT molecular complexity index is 819. The Morgan fingerprint density at radius 1 is 1.04 bits per heavy atom. The summed E-state index contributed by atoms with van der Waals surface area (Å²) in [6.07, 6.45) is 0. The molecule has 7 heteroatoms. The fraction of sp³-hybridized carbons (Fsp3) is 0.350. The van der Waals surface area contributed by atoms with Crippen molar-refractivity contribution >= 4 is 11.6 Å². The Morgan fingerprint density at radius 2 is 1.78 bits per heavy atom. The smallest absolute Gasteiger partial charge is 0.255 e. The fourth-order valence-electron chi connectivity index (χ4n) is 3.21. The molecule has 1 amide bonds. The average molecular weight is 372 g/mol. The summed E-state index contributed by atoms with van der Waals surface area (Å²) in [6.45, 7) is 4.25. The molecule has 0 aliphatic carbocycles. The normalized spacial score (nSPS) is 16.1. The van der Waals surface area contributed by atoms with Crippen LogP contribution in [0.2, 0.25) is 0 Å². The predicted octanol–water partition coefficient (Wildman–Crippen LogP) is 2.36. The van der Waals surface area contributed by atoms with Crippen molar-refractivity contribution in [2.75, 3.05) is 44.4 Å². The van der Waals surface area contributed by atoms with E-state index in [0.717, 1.165) is 37.6 Å². The highest BCUT2D eigenvalue weighted by atomic mass is 19.1. The van der Waals surface area contributed by atoms with Crippen molar-refractivity contribution in [1.29, 1.82) is 0 Å². The molecule has 0 saturated carbocycles. The molecule has 0 bridgehead atoms. The number of carbonyl (C=O) groups excluding carboxylic acids is 1. The van der Waals surface area contributed by atoms with E-state index in [9.17, 15) is 9.18 Å². The number of ether oxygens (including phenoxy) is 3. The minimum Gasteiger partial charge on any atom is -0.486 e. The van der Waals surface area contributed by atoms with Gasteiger partial charge in [-0.05, 0) is 23.8 Å². The summed E-state index contributed by atoms with van der Waals surface area (Å²) in [5.41, 5.74) is 2.25. The molecule has 4 rings (SSSR count). The van der Waals surface area contributed by atoms with Crippen LogP contribution in [0.5, 0.6) is 11.5 Å². The summed E-state index contributed by atoms with van der Waals surface area (Å²) < 4.78 is 30.0. The Hall–Kier alpha value is -2.80. The molecule has 2 aliphatic heterocycles. The van der Waals surface area contributed by atoms with Crippen LogP contribution in [0.1, 0.15) is 15.9 Å². The molecular weight excluding hydrogens is 351 g/mol.